The van der Waals surface area contributed by atoms with Gasteiger partial charge in [0, 0.05) is 16.7 Å². The van der Waals surface area contributed by atoms with Gasteiger partial charge in [-0.05, 0) is 54.7 Å². The van der Waals surface area contributed by atoms with E-state index < -0.39 is 5.91 Å². The van der Waals surface area contributed by atoms with E-state index in [-0.39, 0.29) is 0 Å². The Balaban J connectivity index is 1.90. The maximum Gasteiger partial charge on any atom is 0.274 e. The predicted molar refractivity (Wildman–Crippen MR) is 106 cm³/mol. The van der Waals surface area contributed by atoms with Gasteiger partial charge < -0.3 is 0 Å². The third-order valence-corrected chi connectivity index (χ3v) is 5.06. The number of nitrogens with one attached hydrogen (secondary N) is 1. The third-order valence-electron chi connectivity index (χ3n) is 5.06. The molecule has 0 saturated heterocycles. The maximum absolute atomic E-state index is 11.6. The van der Waals surface area contributed by atoms with E-state index in [2.05, 4.69) is 37.3 Å². The van der Waals surface area contributed by atoms with Gasteiger partial charge in [-0.2, -0.15) is 0 Å². The van der Waals surface area contributed by atoms with Crippen LogP contribution in [0.4, 0.5) is 5.69 Å². The van der Waals surface area contributed by atoms with Crippen LogP contribution in [0.15, 0.2) is 71.7 Å². The minimum absolute atomic E-state index is 0.400. The van der Waals surface area contributed by atoms with E-state index in [4.69, 9.17) is 10.2 Å². The lowest BCUT2D eigenvalue weighted by Crippen LogP contribution is -2.18. The Kier molecular flexibility index (Phi) is 4.57. The molecule has 4 nitrogen and oxygen atoms in total. The summed E-state index contributed by atoms with van der Waals surface area (Å²) in [6.07, 6.45) is 1.92. The minimum Gasteiger partial charge on any atom is -0.288 e. The van der Waals surface area contributed by atoms with Crippen molar-refractivity contribution in [2.45, 2.75) is 19.8 Å². The Labute approximate surface area is 158 Å². The largest absolute Gasteiger partial charge is 0.288 e. The number of hydrogen-bond acceptors (Lipinski definition) is 3. The molecule has 0 aromatic heterocycles. The molecule has 3 aromatic carbocycles. The van der Waals surface area contributed by atoms with Crippen LogP contribution in [-0.4, -0.2) is 16.8 Å². The fourth-order valence-electron chi connectivity index (χ4n) is 3.59. The van der Waals surface area contributed by atoms with E-state index in [1.165, 1.54) is 16.7 Å². The Morgan fingerprint density at radius 2 is 1.74 bits per heavy atom. The SMILES string of the molecule is Cc1cccc2c1CCc1ccccc1C(c1ccc(C(=O)NO)cc1)=N2. The fraction of sp³-hybridized carbons (Fsp3) is 0.130. The van der Waals surface area contributed by atoms with Gasteiger partial charge in [-0.3, -0.25) is 10.0 Å². The standard InChI is InChI=1S/C23H20N2O2/c1-15-5-4-8-21-19(15)14-13-16-6-2-3-7-20(16)22(24-21)17-9-11-18(12-10-17)23(26)25-27/h2-12,27H,13-14H2,1H3,(H,25,26). The molecule has 3 aromatic rings. The number of rotatable bonds is 2. The molecule has 0 spiro atoms. The highest BCUT2D eigenvalue weighted by molar-refractivity contribution is 6.15. The molecule has 27 heavy (non-hydrogen) atoms. The van der Waals surface area contributed by atoms with E-state index in [9.17, 15) is 4.79 Å². The number of hydroxylamine groups is 1. The lowest BCUT2D eigenvalue weighted by molar-refractivity contribution is 0.0706. The molecule has 1 amide bonds. The first kappa shape index (κ1) is 17.2. The summed E-state index contributed by atoms with van der Waals surface area (Å²) in [5.41, 5.74) is 9.81. The second kappa shape index (κ2) is 7.17. The van der Waals surface area contributed by atoms with Crippen LogP contribution in [0, 0.1) is 6.92 Å². The zero-order valence-electron chi connectivity index (χ0n) is 15.1. The van der Waals surface area contributed by atoms with Crippen LogP contribution >= 0.6 is 0 Å². The first-order chi connectivity index (χ1) is 13.2. The van der Waals surface area contributed by atoms with Gasteiger partial charge in [0.2, 0.25) is 0 Å². The number of carbonyl (C=O) groups is 1. The highest BCUT2D eigenvalue weighted by atomic mass is 16.5. The van der Waals surface area contributed by atoms with Crippen molar-refractivity contribution in [3.8, 4) is 0 Å². The monoisotopic (exact) mass is 356 g/mol. The van der Waals surface area contributed by atoms with E-state index in [0.29, 0.717) is 5.56 Å². The molecule has 1 aliphatic rings. The van der Waals surface area contributed by atoms with Crippen molar-refractivity contribution in [1.29, 1.82) is 0 Å². The number of fused-ring (bicyclic) bond motifs is 2. The van der Waals surface area contributed by atoms with Crippen LogP contribution in [0.5, 0.6) is 0 Å². The molecule has 4 heteroatoms. The second-order valence-corrected chi connectivity index (χ2v) is 6.71. The van der Waals surface area contributed by atoms with Gasteiger partial charge >= 0.3 is 0 Å². The molecule has 0 saturated carbocycles. The molecule has 0 radical (unpaired) electrons. The van der Waals surface area contributed by atoms with Gasteiger partial charge in [0.05, 0.1) is 11.4 Å². The topological polar surface area (TPSA) is 61.7 Å². The molecule has 0 bridgehead atoms. The first-order valence-corrected chi connectivity index (χ1v) is 8.97. The number of aryl methyl sites for hydroxylation is 2. The van der Waals surface area contributed by atoms with Crippen molar-refractivity contribution in [3.63, 3.8) is 0 Å². The molecule has 0 atom stereocenters. The fourth-order valence-corrected chi connectivity index (χ4v) is 3.59. The Morgan fingerprint density at radius 3 is 2.52 bits per heavy atom. The number of carbonyl (C=O) groups excluding carboxylic acids is 1. The molecule has 4 rings (SSSR count). The molecule has 2 N–H and O–H groups in total. The van der Waals surface area contributed by atoms with E-state index in [1.54, 1.807) is 17.6 Å². The van der Waals surface area contributed by atoms with Gasteiger partial charge in [0.15, 0.2) is 0 Å². The zero-order chi connectivity index (χ0) is 18.8. The van der Waals surface area contributed by atoms with Gasteiger partial charge in [0.1, 0.15) is 0 Å². The van der Waals surface area contributed by atoms with Crippen molar-refractivity contribution in [2.24, 2.45) is 4.99 Å². The summed E-state index contributed by atoms with van der Waals surface area (Å²) in [6, 6.07) is 21.7. The highest BCUT2D eigenvalue weighted by Gasteiger charge is 2.17. The van der Waals surface area contributed by atoms with E-state index >= 15 is 0 Å². The highest BCUT2D eigenvalue weighted by Crippen LogP contribution is 2.30. The smallest absolute Gasteiger partial charge is 0.274 e. The van der Waals surface area contributed by atoms with Crippen LogP contribution in [0.25, 0.3) is 0 Å². The molecule has 0 fully saturated rings. The lowest BCUT2D eigenvalue weighted by Gasteiger charge is -2.19. The molecule has 134 valence electrons. The first-order valence-electron chi connectivity index (χ1n) is 8.97. The molecule has 0 aliphatic carbocycles. The zero-order valence-corrected chi connectivity index (χ0v) is 15.1. The summed E-state index contributed by atoms with van der Waals surface area (Å²) < 4.78 is 0. The summed E-state index contributed by atoms with van der Waals surface area (Å²) in [6.45, 7) is 2.13. The average molecular weight is 356 g/mol. The van der Waals surface area contributed by atoms with Crippen LogP contribution in [-0.2, 0) is 12.8 Å². The quantitative estimate of drug-likeness (QED) is 0.529. The van der Waals surface area contributed by atoms with Crippen LogP contribution in [0.3, 0.4) is 0 Å². The van der Waals surface area contributed by atoms with Crippen molar-refractivity contribution in [3.05, 3.63) is 100 Å². The summed E-state index contributed by atoms with van der Waals surface area (Å²) in [4.78, 5) is 16.6. The van der Waals surface area contributed by atoms with Crippen molar-refractivity contribution in [1.82, 2.24) is 5.48 Å². The molecule has 0 unspecified atom stereocenters. The maximum atomic E-state index is 11.6. The van der Waals surface area contributed by atoms with E-state index in [1.807, 2.05) is 24.3 Å². The Morgan fingerprint density at radius 1 is 0.963 bits per heavy atom. The minimum atomic E-state index is -0.525. The average Bonchev–Trinajstić information content (AvgIpc) is 2.69. The molecule has 1 aliphatic heterocycles. The number of aliphatic imine (C=N–C) groups is 1. The summed E-state index contributed by atoms with van der Waals surface area (Å²) in [7, 11) is 0. The third kappa shape index (κ3) is 3.27. The van der Waals surface area contributed by atoms with Gasteiger partial charge in [-0.15, -0.1) is 0 Å². The number of hydrogen-bond donors (Lipinski definition) is 2. The van der Waals surface area contributed by atoms with Gasteiger partial charge in [-0.1, -0.05) is 48.5 Å². The predicted octanol–water partition coefficient (Wildman–Crippen LogP) is 4.38. The number of nitrogens with zero attached hydrogens (tertiary/aromatic N) is 1. The summed E-state index contributed by atoms with van der Waals surface area (Å²) >= 11 is 0. The van der Waals surface area contributed by atoms with Crippen molar-refractivity contribution >= 4 is 17.3 Å². The Bertz CT molecular complexity index is 1040. The number of amides is 1. The Hall–Kier alpha value is -3.24. The van der Waals surface area contributed by atoms with Crippen LogP contribution in [0.2, 0.25) is 0 Å². The van der Waals surface area contributed by atoms with E-state index in [0.717, 1.165) is 35.4 Å². The van der Waals surface area contributed by atoms with Crippen LogP contribution < -0.4 is 5.48 Å². The number of benzene rings is 3. The summed E-state index contributed by atoms with van der Waals surface area (Å²) in [5.74, 6) is -0.525. The molecular formula is C23H20N2O2. The molecule has 1 heterocycles. The van der Waals surface area contributed by atoms with Gasteiger partial charge in [-0.25, -0.2) is 10.5 Å². The molecular weight excluding hydrogens is 336 g/mol. The van der Waals surface area contributed by atoms with Crippen molar-refractivity contribution in [2.75, 3.05) is 0 Å². The lowest BCUT2D eigenvalue weighted by atomic mass is 9.90. The van der Waals surface area contributed by atoms with Crippen molar-refractivity contribution < 1.29 is 10.0 Å². The van der Waals surface area contributed by atoms with Crippen LogP contribution in [0.1, 0.15) is 38.2 Å². The summed E-state index contributed by atoms with van der Waals surface area (Å²) in [5, 5.41) is 8.82. The second-order valence-electron chi connectivity index (χ2n) is 6.71. The van der Waals surface area contributed by atoms with Gasteiger partial charge in [0.25, 0.3) is 5.91 Å². The normalized spacial score (nSPS) is 12.9.